The van der Waals surface area contributed by atoms with Crippen molar-refractivity contribution in [2.75, 3.05) is 13.2 Å². The highest BCUT2D eigenvalue weighted by Gasteiger charge is 2.25. The molecule has 1 aliphatic heterocycles. The normalized spacial score (nSPS) is 17.3. The van der Waals surface area contributed by atoms with Crippen LogP contribution in [0.1, 0.15) is 63.5 Å². The monoisotopic (exact) mass is 333 g/mol. The Morgan fingerprint density at radius 3 is 2.29 bits per heavy atom. The smallest absolute Gasteiger partial charge is 0.349 e. The predicted octanol–water partition coefficient (Wildman–Crippen LogP) is 3.13. The number of carbonyl (C=O) groups excluding carboxylic acids is 2. The minimum atomic E-state index is -0.545. The fourth-order valence-corrected chi connectivity index (χ4v) is 2.86. The second-order valence-electron chi connectivity index (χ2n) is 6.81. The molecule has 0 bridgehead atoms. The maximum Gasteiger partial charge on any atom is 0.349 e. The first-order chi connectivity index (χ1) is 11.4. The Balaban J connectivity index is 2.03. The number of hydrogen-bond acceptors (Lipinski definition) is 5. The summed E-state index contributed by atoms with van der Waals surface area (Å²) in [6.45, 7) is 8.68. The lowest BCUT2D eigenvalue weighted by Gasteiger charge is -2.19. The van der Waals surface area contributed by atoms with Gasteiger partial charge in [0.1, 0.15) is 11.8 Å². The van der Waals surface area contributed by atoms with Gasteiger partial charge in [-0.2, -0.15) is 0 Å². The van der Waals surface area contributed by atoms with E-state index in [-0.39, 0.29) is 30.5 Å². The summed E-state index contributed by atoms with van der Waals surface area (Å²) in [5.74, 6) is 0.137. The molecule has 0 radical (unpaired) electrons. The third-order valence-electron chi connectivity index (χ3n) is 4.21. The van der Waals surface area contributed by atoms with Crippen LogP contribution in [0, 0.1) is 0 Å². The van der Waals surface area contributed by atoms with Crippen LogP contribution in [0.15, 0.2) is 18.2 Å². The van der Waals surface area contributed by atoms with Crippen LogP contribution < -0.4 is 10.1 Å². The molecule has 5 heteroatoms. The number of hydrogen-bond donors (Lipinski definition) is 1. The Labute approximate surface area is 143 Å². The first-order valence-electron chi connectivity index (χ1n) is 8.63. The van der Waals surface area contributed by atoms with Crippen LogP contribution in [-0.2, 0) is 14.3 Å². The number of ether oxygens (including phenoxy) is 2. The van der Waals surface area contributed by atoms with E-state index >= 15 is 0 Å². The van der Waals surface area contributed by atoms with Crippen molar-refractivity contribution in [3.05, 3.63) is 29.3 Å². The Kier molecular flexibility index (Phi) is 6.37. The van der Waals surface area contributed by atoms with Gasteiger partial charge in [0.15, 0.2) is 6.61 Å². The molecule has 5 nitrogen and oxygen atoms in total. The van der Waals surface area contributed by atoms with Gasteiger partial charge in [-0.1, -0.05) is 45.9 Å². The maximum atomic E-state index is 12.2. The van der Waals surface area contributed by atoms with Gasteiger partial charge >= 0.3 is 11.9 Å². The van der Waals surface area contributed by atoms with Gasteiger partial charge in [-0.3, -0.25) is 4.79 Å². The summed E-state index contributed by atoms with van der Waals surface area (Å²) >= 11 is 0. The highest BCUT2D eigenvalue weighted by Crippen LogP contribution is 2.34. The summed E-state index contributed by atoms with van der Waals surface area (Å²) in [6, 6.07) is 5.61. The highest BCUT2D eigenvalue weighted by molar-refractivity contribution is 5.81. The maximum absolute atomic E-state index is 12.2. The van der Waals surface area contributed by atoms with Crippen molar-refractivity contribution >= 4 is 11.9 Å². The van der Waals surface area contributed by atoms with Gasteiger partial charge in [-0.25, -0.2) is 4.79 Å². The lowest BCUT2D eigenvalue weighted by molar-refractivity contribution is -0.155. The van der Waals surface area contributed by atoms with Crippen LogP contribution in [0.4, 0.5) is 0 Å². The van der Waals surface area contributed by atoms with E-state index in [4.69, 9.17) is 9.47 Å². The zero-order chi connectivity index (χ0) is 17.7. The van der Waals surface area contributed by atoms with Crippen LogP contribution in [0.2, 0.25) is 0 Å². The molecule has 1 N–H and O–H groups in total. The standard InChI is InChI=1S/C19H27NO4/c1-12(2)14-7-5-8-15(13(3)4)18(14)24-17(21)11-23-19(22)16-9-6-10-20-16/h5,7-8,12-13,16,20H,6,9-11H2,1-4H3/t16-/m1/s1. The largest absolute Gasteiger partial charge is 0.452 e. The van der Waals surface area contributed by atoms with Gasteiger partial charge in [0.2, 0.25) is 0 Å². The van der Waals surface area contributed by atoms with Crippen LogP contribution in [-0.4, -0.2) is 31.1 Å². The summed E-state index contributed by atoms with van der Waals surface area (Å²) in [7, 11) is 0. The number of carbonyl (C=O) groups is 2. The minimum Gasteiger partial charge on any atom is -0.452 e. The van der Waals surface area contributed by atoms with Crippen LogP contribution in [0.3, 0.4) is 0 Å². The molecule has 1 aromatic rings. The molecule has 1 heterocycles. The van der Waals surface area contributed by atoms with Gasteiger partial charge in [-0.05, 0) is 42.3 Å². The molecule has 1 aliphatic rings. The Bertz CT molecular complexity index is 563. The van der Waals surface area contributed by atoms with Crippen LogP contribution >= 0.6 is 0 Å². The minimum absolute atomic E-state index is 0.233. The lowest BCUT2D eigenvalue weighted by Crippen LogP contribution is -2.34. The molecule has 1 saturated heterocycles. The van der Waals surface area contributed by atoms with Crippen molar-refractivity contribution in [2.45, 2.75) is 58.4 Å². The van der Waals surface area contributed by atoms with E-state index in [2.05, 4.69) is 33.0 Å². The van der Waals surface area contributed by atoms with Gasteiger partial charge in [0.05, 0.1) is 0 Å². The van der Waals surface area contributed by atoms with Crippen molar-refractivity contribution in [3.8, 4) is 5.75 Å². The van der Waals surface area contributed by atoms with Crippen LogP contribution in [0.25, 0.3) is 0 Å². The second-order valence-corrected chi connectivity index (χ2v) is 6.81. The number of esters is 2. The third kappa shape index (κ3) is 4.57. The molecule has 0 amide bonds. The molecule has 0 aliphatic carbocycles. The Morgan fingerprint density at radius 2 is 1.79 bits per heavy atom. The molecule has 0 spiro atoms. The van der Waals surface area contributed by atoms with E-state index in [1.165, 1.54) is 0 Å². The fourth-order valence-electron chi connectivity index (χ4n) is 2.86. The molecule has 24 heavy (non-hydrogen) atoms. The molecular weight excluding hydrogens is 306 g/mol. The molecule has 1 aromatic carbocycles. The summed E-state index contributed by atoms with van der Waals surface area (Å²) in [4.78, 5) is 24.0. The third-order valence-corrected chi connectivity index (χ3v) is 4.21. The lowest BCUT2D eigenvalue weighted by atomic mass is 9.94. The second kappa shape index (κ2) is 8.29. The Morgan fingerprint density at radius 1 is 1.17 bits per heavy atom. The molecule has 2 rings (SSSR count). The molecule has 1 fully saturated rings. The quantitative estimate of drug-likeness (QED) is 0.640. The average Bonchev–Trinajstić information content (AvgIpc) is 3.06. The zero-order valence-corrected chi connectivity index (χ0v) is 14.9. The highest BCUT2D eigenvalue weighted by atomic mass is 16.6. The van der Waals surface area contributed by atoms with Crippen LogP contribution in [0.5, 0.6) is 5.75 Å². The predicted molar refractivity (Wildman–Crippen MR) is 92.2 cm³/mol. The zero-order valence-electron chi connectivity index (χ0n) is 14.9. The topological polar surface area (TPSA) is 64.6 Å². The molecule has 0 unspecified atom stereocenters. The van der Waals surface area contributed by atoms with E-state index in [9.17, 15) is 9.59 Å². The summed E-state index contributed by atoms with van der Waals surface area (Å²) < 4.78 is 10.7. The van der Waals surface area contributed by atoms with Gasteiger partial charge in [0, 0.05) is 0 Å². The summed E-state index contributed by atoms with van der Waals surface area (Å²) in [6.07, 6.45) is 1.70. The van der Waals surface area contributed by atoms with Crippen molar-refractivity contribution in [2.24, 2.45) is 0 Å². The van der Waals surface area contributed by atoms with E-state index in [0.29, 0.717) is 5.75 Å². The molecular formula is C19H27NO4. The molecule has 0 aromatic heterocycles. The molecule has 0 saturated carbocycles. The first kappa shape index (κ1) is 18.5. The number of benzene rings is 1. The fraction of sp³-hybridized carbons (Fsp3) is 0.579. The molecule has 132 valence electrons. The van der Waals surface area contributed by atoms with Crippen molar-refractivity contribution < 1.29 is 19.1 Å². The van der Waals surface area contributed by atoms with E-state index in [1.54, 1.807) is 0 Å². The summed E-state index contributed by atoms with van der Waals surface area (Å²) in [5.41, 5.74) is 1.97. The number of nitrogens with one attached hydrogen (secondary N) is 1. The van der Waals surface area contributed by atoms with Gasteiger partial charge < -0.3 is 14.8 Å². The number of rotatable bonds is 6. The van der Waals surface area contributed by atoms with Gasteiger partial charge in [0.25, 0.3) is 0 Å². The van der Waals surface area contributed by atoms with Gasteiger partial charge in [-0.15, -0.1) is 0 Å². The first-order valence-corrected chi connectivity index (χ1v) is 8.63. The van der Waals surface area contributed by atoms with E-state index in [0.717, 1.165) is 30.5 Å². The summed E-state index contributed by atoms with van der Waals surface area (Å²) in [5, 5.41) is 3.05. The van der Waals surface area contributed by atoms with E-state index in [1.807, 2.05) is 18.2 Å². The number of para-hydroxylation sites is 1. The van der Waals surface area contributed by atoms with Crippen molar-refractivity contribution in [1.82, 2.24) is 5.32 Å². The van der Waals surface area contributed by atoms with Crippen molar-refractivity contribution in [3.63, 3.8) is 0 Å². The van der Waals surface area contributed by atoms with Crippen molar-refractivity contribution in [1.29, 1.82) is 0 Å². The average molecular weight is 333 g/mol. The molecule has 1 atom stereocenters. The SMILES string of the molecule is CC(C)c1cccc(C(C)C)c1OC(=O)COC(=O)[C@H]1CCCN1. The Hall–Kier alpha value is -1.88. The van der Waals surface area contributed by atoms with E-state index < -0.39 is 5.97 Å².